The number of nitrogens with two attached hydrogens (primary N) is 1. The van der Waals surface area contributed by atoms with Gasteiger partial charge in [-0.1, -0.05) is 12.1 Å². The summed E-state index contributed by atoms with van der Waals surface area (Å²) in [5, 5.41) is 14.0. The van der Waals surface area contributed by atoms with Crippen molar-refractivity contribution in [2.24, 2.45) is 11.7 Å². The minimum Gasteiger partial charge on any atom is -0.371 e. The first-order valence-corrected chi connectivity index (χ1v) is 22.6. The van der Waals surface area contributed by atoms with Gasteiger partial charge in [0.15, 0.2) is 11.5 Å². The van der Waals surface area contributed by atoms with Crippen LogP contribution >= 0.6 is 0 Å². The van der Waals surface area contributed by atoms with Gasteiger partial charge >= 0.3 is 6.03 Å². The van der Waals surface area contributed by atoms with Crippen LogP contribution in [0.2, 0.25) is 0 Å². The lowest BCUT2D eigenvalue weighted by Crippen LogP contribution is -2.54. The number of likely N-dealkylation sites (tertiary alicyclic amines) is 1. The fourth-order valence-corrected chi connectivity index (χ4v) is 10.5. The smallest absolute Gasteiger partial charge is 0.320 e. The van der Waals surface area contributed by atoms with E-state index in [0.29, 0.717) is 41.5 Å². The number of nitrogens with one attached hydrogen (secondary N) is 2. The molecule has 0 bridgehead atoms. The van der Waals surface area contributed by atoms with E-state index < -0.39 is 35.6 Å². The molecule has 1 saturated carbocycles. The summed E-state index contributed by atoms with van der Waals surface area (Å²) in [6.45, 7) is 7.67. The molecule has 2 atom stereocenters. The topological polar surface area (TPSA) is 211 Å². The third-order valence-electron chi connectivity index (χ3n) is 14.2. The van der Waals surface area contributed by atoms with Gasteiger partial charge in [0.1, 0.15) is 6.04 Å². The largest absolute Gasteiger partial charge is 0.371 e. The number of nitrogens with zero attached hydrogens (tertiary/aromatic N) is 9. The number of aromatic nitrogens is 3. The van der Waals surface area contributed by atoms with Crippen LogP contribution in [0.4, 0.5) is 27.9 Å². The predicted octanol–water partition coefficient (Wildman–Crippen LogP) is 3.08. The van der Waals surface area contributed by atoms with Gasteiger partial charge in [-0.3, -0.25) is 34.2 Å². The van der Waals surface area contributed by atoms with Gasteiger partial charge in [-0.25, -0.2) is 4.79 Å². The molecule has 5 saturated heterocycles. The van der Waals surface area contributed by atoms with E-state index in [9.17, 15) is 28.8 Å². The van der Waals surface area contributed by atoms with Gasteiger partial charge in [0.2, 0.25) is 17.8 Å². The number of imide groups is 2. The summed E-state index contributed by atoms with van der Waals surface area (Å²) in [4.78, 5) is 92.9. The Bertz CT molecular complexity index is 2320. The Hall–Kier alpha value is -6.17. The summed E-state index contributed by atoms with van der Waals surface area (Å²) in [5.41, 5.74) is 9.23. The lowest BCUT2D eigenvalue weighted by atomic mass is 9.88. The highest BCUT2D eigenvalue weighted by atomic mass is 16.2. The molecule has 63 heavy (non-hydrogen) atoms. The summed E-state index contributed by atoms with van der Waals surface area (Å²) >= 11 is 0. The van der Waals surface area contributed by atoms with Crippen molar-refractivity contribution in [2.75, 3.05) is 74.0 Å². The highest BCUT2D eigenvalue weighted by Crippen LogP contribution is 2.35. The summed E-state index contributed by atoms with van der Waals surface area (Å²) < 4.78 is 0. The van der Waals surface area contributed by atoms with E-state index in [1.54, 1.807) is 12.1 Å². The number of hydrogen-bond acceptors (Lipinski definition) is 13. The number of amides is 7. The Morgan fingerprint density at radius 3 is 2.19 bits per heavy atom. The molecule has 2 aromatic carbocycles. The molecule has 18 nitrogen and oxygen atoms in total. The highest BCUT2D eigenvalue weighted by molar-refractivity contribution is 6.23. The molecule has 7 heterocycles. The van der Waals surface area contributed by atoms with E-state index >= 15 is 0 Å². The normalized spacial score (nSPS) is 24.1. The molecule has 0 spiro atoms. The summed E-state index contributed by atoms with van der Waals surface area (Å²) in [7, 11) is 0. The molecule has 1 aliphatic carbocycles. The molecule has 6 aliphatic heterocycles. The van der Waals surface area contributed by atoms with E-state index in [2.05, 4.69) is 47.7 Å². The third-order valence-corrected chi connectivity index (χ3v) is 14.2. The zero-order valence-electron chi connectivity index (χ0n) is 35.4. The van der Waals surface area contributed by atoms with Crippen LogP contribution in [0.1, 0.15) is 107 Å². The Kier molecular flexibility index (Phi) is 10.9. The minimum atomic E-state index is -0.974. The van der Waals surface area contributed by atoms with E-state index in [-0.39, 0.29) is 36.4 Å². The predicted molar refractivity (Wildman–Crippen MR) is 232 cm³/mol. The van der Waals surface area contributed by atoms with Crippen LogP contribution in [0, 0.1) is 5.92 Å². The average molecular weight is 859 g/mol. The van der Waals surface area contributed by atoms with Gasteiger partial charge in [0.25, 0.3) is 17.7 Å². The zero-order valence-corrected chi connectivity index (χ0v) is 35.4. The molecule has 7 aliphatic rings. The first-order valence-electron chi connectivity index (χ1n) is 22.6. The summed E-state index contributed by atoms with van der Waals surface area (Å²) in [5.74, 6) is -1.01. The molecule has 7 amide bonds. The zero-order chi connectivity index (χ0) is 43.4. The van der Waals surface area contributed by atoms with Gasteiger partial charge < -0.3 is 35.6 Å². The van der Waals surface area contributed by atoms with Crippen LogP contribution < -0.4 is 26.2 Å². The fraction of sp³-hybridized carbons (Fsp3) is 0.533. The summed E-state index contributed by atoms with van der Waals surface area (Å²) in [6, 6.07) is 13.3. The van der Waals surface area contributed by atoms with Crippen molar-refractivity contribution in [3.8, 4) is 0 Å². The number of carbonyl (C=O) groups is 6. The van der Waals surface area contributed by atoms with Crippen LogP contribution in [0.25, 0.3) is 0 Å². The minimum absolute atomic E-state index is 0.0262. The standard InChI is InChI=1S/C45H54N12O6/c46-39(59)38-40(49-44(51-50-38)54-17-1-2-33(26-54)56-23-22-55(45(56)63)31-7-8-31)47-30-5-3-28(4-6-30)29-15-18-52(19-16-29)25-27-13-20-53(21-14-27)32-9-10-34-35(24-32)43(62)57(42(34)61)36-11-12-37(58)48-41(36)60/h3-6,9-10,24,27,29,31,33,36H,1-2,7-8,11-23,25-26H2,(H2,46,59)(H,47,49,51)(H,48,58,60). The Morgan fingerprint density at radius 1 is 0.746 bits per heavy atom. The van der Waals surface area contributed by atoms with Crippen molar-refractivity contribution in [2.45, 2.75) is 88.3 Å². The molecule has 10 rings (SSSR count). The number of primary amides is 1. The first kappa shape index (κ1) is 40.9. The van der Waals surface area contributed by atoms with Crippen molar-refractivity contribution in [1.82, 2.24) is 40.1 Å². The Balaban J connectivity index is 0.700. The van der Waals surface area contributed by atoms with Gasteiger partial charge in [-0.05, 0) is 119 Å². The first-order chi connectivity index (χ1) is 30.6. The maximum atomic E-state index is 13.4. The van der Waals surface area contributed by atoms with E-state index in [1.165, 1.54) is 5.56 Å². The molecule has 330 valence electrons. The van der Waals surface area contributed by atoms with Crippen molar-refractivity contribution in [1.29, 1.82) is 0 Å². The van der Waals surface area contributed by atoms with Gasteiger partial charge in [0, 0.05) is 69.7 Å². The SMILES string of the molecule is NC(=O)c1nnc(N2CCCC(N3CCN(C4CC4)C3=O)C2)nc1Nc1ccc(C2CCN(CC3CCN(c4ccc5c(c4)C(=O)N(C4CCC(=O)NC4=O)C5=O)CC3)CC2)cc1. The Morgan fingerprint density at radius 2 is 1.48 bits per heavy atom. The molecule has 18 heteroatoms. The van der Waals surface area contributed by atoms with E-state index in [4.69, 9.17) is 10.7 Å². The highest BCUT2D eigenvalue weighted by Gasteiger charge is 2.45. The molecule has 1 aromatic heterocycles. The molecular formula is C45H54N12O6. The fourth-order valence-electron chi connectivity index (χ4n) is 10.5. The van der Waals surface area contributed by atoms with Gasteiger partial charge in [-0.2, -0.15) is 4.98 Å². The second kappa shape index (κ2) is 16.8. The molecule has 3 aromatic rings. The lowest BCUT2D eigenvalue weighted by Gasteiger charge is -2.38. The number of urea groups is 1. The third kappa shape index (κ3) is 8.16. The number of benzene rings is 2. The quantitative estimate of drug-likeness (QED) is 0.237. The van der Waals surface area contributed by atoms with Crippen LogP contribution in [-0.4, -0.2) is 147 Å². The number of rotatable bonds is 11. The van der Waals surface area contributed by atoms with E-state index in [0.717, 1.165) is 120 Å². The lowest BCUT2D eigenvalue weighted by molar-refractivity contribution is -0.136. The molecule has 4 N–H and O–H groups in total. The number of anilines is 4. The van der Waals surface area contributed by atoms with Crippen molar-refractivity contribution in [3.63, 3.8) is 0 Å². The van der Waals surface area contributed by atoms with Crippen molar-refractivity contribution < 1.29 is 28.8 Å². The van der Waals surface area contributed by atoms with Crippen LogP contribution in [0.15, 0.2) is 42.5 Å². The van der Waals surface area contributed by atoms with Crippen LogP contribution in [0.3, 0.4) is 0 Å². The maximum Gasteiger partial charge on any atom is 0.320 e. The van der Waals surface area contributed by atoms with Crippen LogP contribution in [-0.2, 0) is 9.59 Å². The van der Waals surface area contributed by atoms with Crippen LogP contribution in [0.5, 0.6) is 0 Å². The summed E-state index contributed by atoms with van der Waals surface area (Å²) in [6.07, 6.45) is 8.42. The van der Waals surface area contributed by atoms with Gasteiger partial charge in [0.05, 0.1) is 17.2 Å². The van der Waals surface area contributed by atoms with Crippen molar-refractivity contribution in [3.05, 3.63) is 64.8 Å². The van der Waals surface area contributed by atoms with E-state index in [1.807, 2.05) is 28.0 Å². The second-order valence-corrected chi connectivity index (χ2v) is 18.2. The molecule has 6 fully saturated rings. The van der Waals surface area contributed by atoms with Gasteiger partial charge in [-0.15, -0.1) is 10.2 Å². The second-order valence-electron chi connectivity index (χ2n) is 18.2. The van der Waals surface area contributed by atoms with Crippen molar-refractivity contribution >= 4 is 58.7 Å². The number of fused-ring (bicyclic) bond motifs is 1. The molecular weight excluding hydrogens is 805 g/mol. The average Bonchev–Trinajstić information content (AvgIpc) is 4.02. The molecule has 0 radical (unpaired) electrons. The monoisotopic (exact) mass is 858 g/mol. The molecule has 2 unspecified atom stereocenters. The number of piperidine rings is 4. The maximum absolute atomic E-state index is 13.4. The Labute approximate surface area is 365 Å². The number of hydrogen-bond donors (Lipinski definition) is 3. The number of carbonyl (C=O) groups excluding carboxylic acids is 6.